The van der Waals surface area contributed by atoms with Crippen molar-refractivity contribution in [3.8, 4) is 0 Å². The lowest BCUT2D eigenvalue weighted by Crippen LogP contribution is -2.23. The van der Waals surface area contributed by atoms with Gasteiger partial charge in [0.2, 0.25) is 0 Å². The Morgan fingerprint density at radius 3 is 2.60 bits per heavy atom. The van der Waals surface area contributed by atoms with E-state index in [0.717, 1.165) is 0 Å². The minimum absolute atomic E-state index is 0.0492. The molecule has 10 heavy (non-hydrogen) atoms. The first-order valence-corrected chi connectivity index (χ1v) is 3.59. The molecule has 3 nitrogen and oxygen atoms in total. The van der Waals surface area contributed by atoms with E-state index < -0.39 is 0 Å². The highest BCUT2D eigenvalue weighted by molar-refractivity contribution is 5.80. The van der Waals surface area contributed by atoms with Crippen molar-refractivity contribution in [2.75, 3.05) is 13.2 Å². The number of Topliss-reactive ketones (excluding diaryl/α,β-unsaturated/α-hetero) is 1. The van der Waals surface area contributed by atoms with Crippen LogP contribution in [0.4, 0.5) is 0 Å². The molecular formula is C7H15NO2. The van der Waals surface area contributed by atoms with E-state index in [2.05, 4.69) is 0 Å². The summed E-state index contributed by atoms with van der Waals surface area (Å²) in [5, 5.41) is 8.50. The Morgan fingerprint density at radius 2 is 2.30 bits per heavy atom. The van der Waals surface area contributed by atoms with Crippen LogP contribution in [0.25, 0.3) is 0 Å². The predicted molar refractivity (Wildman–Crippen MR) is 39.5 cm³/mol. The van der Waals surface area contributed by atoms with Crippen molar-refractivity contribution in [2.24, 2.45) is 11.7 Å². The number of carbonyl (C=O) groups excluding carboxylic acids is 1. The third-order valence-corrected chi connectivity index (χ3v) is 1.57. The van der Waals surface area contributed by atoms with E-state index >= 15 is 0 Å². The standard InChI is InChI=1S/C7H15NO2/c1-2-7(10)6(5-8)3-4-9/h6,9H,2-5,8H2,1H3. The summed E-state index contributed by atoms with van der Waals surface area (Å²) in [4.78, 5) is 10.9. The van der Waals surface area contributed by atoms with Gasteiger partial charge in [-0.15, -0.1) is 0 Å². The summed E-state index contributed by atoms with van der Waals surface area (Å²) in [6.45, 7) is 2.21. The molecule has 3 N–H and O–H groups in total. The minimum atomic E-state index is -0.130. The van der Waals surface area contributed by atoms with Crippen molar-refractivity contribution >= 4 is 5.78 Å². The first kappa shape index (κ1) is 9.59. The molecule has 0 saturated heterocycles. The molecule has 1 unspecified atom stereocenters. The number of aliphatic hydroxyl groups is 1. The fraction of sp³-hybridized carbons (Fsp3) is 0.857. The fourth-order valence-electron chi connectivity index (χ4n) is 0.855. The molecule has 0 bridgehead atoms. The molecule has 1 atom stereocenters. The second-order valence-electron chi connectivity index (χ2n) is 2.26. The molecule has 0 rings (SSSR count). The van der Waals surface area contributed by atoms with Crippen molar-refractivity contribution in [3.63, 3.8) is 0 Å². The van der Waals surface area contributed by atoms with Gasteiger partial charge in [-0.05, 0) is 6.42 Å². The van der Waals surface area contributed by atoms with Gasteiger partial charge < -0.3 is 10.8 Å². The van der Waals surface area contributed by atoms with Crippen molar-refractivity contribution in [2.45, 2.75) is 19.8 Å². The van der Waals surface area contributed by atoms with Crippen LogP contribution in [-0.2, 0) is 4.79 Å². The monoisotopic (exact) mass is 145 g/mol. The number of rotatable bonds is 5. The summed E-state index contributed by atoms with van der Waals surface area (Å²) >= 11 is 0. The van der Waals surface area contributed by atoms with Crippen LogP contribution in [0, 0.1) is 5.92 Å². The molecule has 0 aromatic rings. The number of hydrogen-bond acceptors (Lipinski definition) is 3. The Labute approximate surface area is 61.2 Å². The van der Waals surface area contributed by atoms with Crippen molar-refractivity contribution < 1.29 is 9.90 Å². The molecule has 0 aromatic heterocycles. The topological polar surface area (TPSA) is 63.3 Å². The number of aliphatic hydroxyl groups excluding tert-OH is 1. The van der Waals surface area contributed by atoms with Gasteiger partial charge in [-0.3, -0.25) is 4.79 Å². The number of carbonyl (C=O) groups is 1. The van der Waals surface area contributed by atoms with E-state index in [0.29, 0.717) is 19.4 Å². The maximum atomic E-state index is 10.9. The molecule has 0 heterocycles. The van der Waals surface area contributed by atoms with Gasteiger partial charge in [-0.2, -0.15) is 0 Å². The van der Waals surface area contributed by atoms with Gasteiger partial charge in [0.1, 0.15) is 5.78 Å². The van der Waals surface area contributed by atoms with Gasteiger partial charge in [0.15, 0.2) is 0 Å². The molecular weight excluding hydrogens is 130 g/mol. The van der Waals surface area contributed by atoms with Gasteiger partial charge in [0, 0.05) is 25.5 Å². The van der Waals surface area contributed by atoms with Gasteiger partial charge in [-0.1, -0.05) is 6.92 Å². The largest absolute Gasteiger partial charge is 0.396 e. The van der Waals surface area contributed by atoms with Gasteiger partial charge in [0.05, 0.1) is 0 Å². The van der Waals surface area contributed by atoms with Crippen LogP contribution >= 0.6 is 0 Å². The molecule has 0 amide bonds. The quantitative estimate of drug-likeness (QED) is 0.569. The summed E-state index contributed by atoms with van der Waals surface area (Å²) in [7, 11) is 0. The van der Waals surface area contributed by atoms with Crippen LogP contribution in [0.2, 0.25) is 0 Å². The van der Waals surface area contributed by atoms with Gasteiger partial charge in [0.25, 0.3) is 0 Å². The van der Waals surface area contributed by atoms with Crippen molar-refractivity contribution in [1.29, 1.82) is 0 Å². The van der Waals surface area contributed by atoms with Crippen molar-refractivity contribution in [3.05, 3.63) is 0 Å². The molecule has 0 aliphatic heterocycles. The summed E-state index contributed by atoms with van der Waals surface area (Å²) < 4.78 is 0. The van der Waals surface area contributed by atoms with Crippen LogP contribution in [0.15, 0.2) is 0 Å². The second-order valence-corrected chi connectivity index (χ2v) is 2.26. The maximum Gasteiger partial charge on any atom is 0.137 e. The Hall–Kier alpha value is -0.410. The van der Waals surface area contributed by atoms with E-state index in [1.54, 1.807) is 0 Å². The Kier molecular flexibility index (Phi) is 5.16. The fourth-order valence-corrected chi connectivity index (χ4v) is 0.855. The third-order valence-electron chi connectivity index (χ3n) is 1.57. The molecule has 0 aliphatic carbocycles. The van der Waals surface area contributed by atoms with Gasteiger partial charge in [-0.25, -0.2) is 0 Å². The zero-order valence-electron chi connectivity index (χ0n) is 6.34. The first-order valence-electron chi connectivity index (χ1n) is 3.59. The molecule has 3 heteroatoms. The summed E-state index contributed by atoms with van der Waals surface area (Å²) in [5.74, 6) is 0.0200. The smallest absolute Gasteiger partial charge is 0.137 e. The average molecular weight is 145 g/mol. The summed E-state index contributed by atoms with van der Waals surface area (Å²) in [5.41, 5.74) is 5.30. The Morgan fingerprint density at radius 1 is 1.70 bits per heavy atom. The van der Waals surface area contributed by atoms with Crippen LogP contribution < -0.4 is 5.73 Å². The van der Waals surface area contributed by atoms with E-state index in [4.69, 9.17) is 10.8 Å². The van der Waals surface area contributed by atoms with Crippen LogP contribution in [0.3, 0.4) is 0 Å². The molecule has 60 valence electrons. The zero-order valence-corrected chi connectivity index (χ0v) is 6.34. The Balaban J connectivity index is 3.68. The maximum absolute atomic E-state index is 10.9. The van der Waals surface area contributed by atoms with Crippen LogP contribution in [0.5, 0.6) is 0 Å². The lowest BCUT2D eigenvalue weighted by atomic mass is 9.99. The highest BCUT2D eigenvalue weighted by atomic mass is 16.3. The van der Waals surface area contributed by atoms with E-state index in [-0.39, 0.29) is 18.3 Å². The second kappa shape index (κ2) is 5.38. The summed E-state index contributed by atoms with van der Waals surface area (Å²) in [6, 6.07) is 0. The van der Waals surface area contributed by atoms with Crippen LogP contribution in [0.1, 0.15) is 19.8 Å². The Bertz CT molecular complexity index is 104. The van der Waals surface area contributed by atoms with Gasteiger partial charge >= 0.3 is 0 Å². The average Bonchev–Trinajstić information content (AvgIpc) is 1.99. The third kappa shape index (κ3) is 2.94. The minimum Gasteiger partial charge on any atom is -0.396 e. The highest BCUT2D eigenvalue weighted by Gasteiger charge is 2.12. The SMILES string of the molecule is CCC(=O)C(CN)CCO. The first-order chi connectivity index (χ1) is 4.76. The molecule has 0 saturated carbocycles. The molecule has 0 aliphatic rings. The van der Waals surface area contributed by atoms with Crippen LogP contribution in [-0.4, -0.2) is 24.0 Å². The zero-order chi connectivity index (χ0) is 7.98. The number of nitrogens with two attached hydrogens (primary N) is 1. The summed E-state index contributed by atoms with van der Waals surface area (Å²) in [6.07, 6.45) is 1.02. The van der Waals surface area contributed by atoms with E-state index in [1.165, 1.54) is 0 Å². The lowest BCUT2D eigenvalue weighted by Gasteiger charge is -2.09. The molecule has 0 spiro atoms. The molecule has 0 radical (unpaired) electrons. The molecule has 0 fully saturated rings. The predicted octanol–water partition coefficient (Wildman–Crippen LogP) is -0.0772. The highest BCUT2D eigenvalue weighted by Crippen LogP contribution is 2.03. The lowest BCUT2D eigenvalue weighted by molar-refractivity contribution is -0.122. The molecule has 0 aromatic carbocycles. The van der Waals surface area contributed by atoms with E-state index in [1.807, 2.05) is 6.92 Å². The van der Waals surface area contributed by atoms with Crippen molar-refractivity contribution in [1.82, 2.24) is 0 Å². The van der Waals surface area contributed by atoms with E-state index in [9.17, 15) is 4.79 Å². The number of hydrogen-bond donors (Lipinski definition) is 2. The normalized spacial score (nSPS) is 13.1. The number of ketones is 1.